The summed E-state index contributed by atoms with van der Waals surface area (Å²) in [5, 5.41) is 7.84. The Kier molecular flexibility index (Phi) is 4.16. The predicted molar refractivity (Wildman–Crippen MR) is 53.7 cm³/mol. The number of alkyl halides is 1. The molecule has 0 radical (unpaired) electrons. The maximum Gasteiger partial charge on any atom is 0.322 e. The first-order valence-electron chi connectivity index (χ1n) is 4.73. The molecular formula is C9H16ClNO3. The summed E-state index contributed by atoms with van der Waals surface area (Å²) in [4.78, 5) is 12.6. The lowest BCUT2D eigenvalue weighted by atomic mass is 10.2. The fourth-order valence-electron chi connectivity index (χ4n) is 1.51. The van der Waals surface area contributed by atoms with Crippen molar-refractivity contribution in [2.75, 3.05) is 19.7 Å². The molecule has 0 aliphatic carbocycles. The molecule has 1 aliphatic heterocycles. The summed E-state index contributed by atoms with van der Waals surface area (Å²) >= 11 is 5.68. The summed E-state index contributed by atoms with van der Waals surface area (Å²) in [5.41, 5.74) is 0. The van der Waals surface area contributed by atoms with Crippen LogP contribution in [0.1, 0.15) is 13.8 Å². The molecular weight excluding hydrogens is 206 g/mol. The van der Waals surface area contributed by atoms with E-state index in [4.69, 9.17) is 21.4 Å². The summed E-state index contributed by atoms with van der Waals surface area (Å²) in [7, 11) is 0. The van der Waals surface area contributed by atoms with Crippen LogP contribution in [0.5, 0.6) is 0 Å². The van der Waals surface area contributed by atoms with Gasteiger partial charge in [-0.15, -0.1) is 11.6 Å². The number of nitrogens with zero attached hydrogens (tertiary/aromatic N) is 1. The lowest BCUT2D eigenvalue weighted by Gasteiger charge is -2.37. The summed E-state index contributed by atoms with van der Waals surface area (Å²) < 4.78 is 5.43. The molecule has 5 heteroatoms. The van der Waals surface area contributed by atoms with Crippen LogP contribution in [0, 0.1) is 0 Å². The Balaban J connectivity index is 2.45. The molecule has 1 rings (SSSR count). The van der Waals surface area contributed by atoms with Gasteiger partial charge in [0.25, 0.3) is 0 Å². The molecule has 0 aromatic rings. The zero-order chi connectivity index (χ0) is 10.7. The predicted octanol–water partition coefficient (Wildman–Crippen LogP) is 0.788. The number of hydrogen-bond acceptors (Lipinski definition) is 3. The topological polar surface area (TPSA) is 49.8 Å². The molecule has 0 amide bonds. The molecule has 1 saturated heterocycles. The standard InChI is InChI=1S/C9H16ClNO3/c1-6-5-14-7(2)3-11(6)4-8(10)9(12)13/h6-8H,3-5H2,1-2H3,(H,12,13). The first-order valence-corrected chi connectivity index (χ1v) is 5.17. The Morgan fingerprint density at radius 2 is 2.36 bits per heavy atom. The highest BCUT2D eigenvalue weighted by molar-refractivity contribution is 6.29. The summed E-state index contributed by atoms with van der Waals surface area (Å²) in [6, 6.07) is 0.242. The average Bonchev–Trinajstić information content (AvgIpc) is 2.11. The van der Waals surface area contributed by atoms with Crippen LogP contribution in [-0.4, -0.2) is 53.2 Å². The molecule has 82 valence electrons. The normalized spacial score (nSPS) is 31.4. The fraction of sp³-hybridized carbons (Fsp3) is 0.889. The number of carboxylic acid groups (broad SMARTS) is 1. The van der Waals surface area contributed by atoms with Gasteiger partial charge in [0.05, 0.1) is 12.7 Å². The third-order valence-corrected chi connectivity index (χ3v) is 2.72. The SMILES string of the molecule is CC1CN(CC(Cl)C(=O)O)C(C)CO1. The zero-order valence-electron chi connectivity index (χ0n) is 8.44. The maximum atomic E-state index is 10.6. The van der Waals surface area contributed by atoms with Gasteiger partial charge in [-0.2, -0.15) is 0 Å². The van der Waals surface area contributed by atoms with Gasteiger partial charge in [-0.05, 0) is 13.8 Å². The number of carboxylic acids is 1. The van der Waals surface area contributed by atoms with Crippen LogP contribution < -0.4 is 0 Å². The van der Waals surface area contributed by atoms with Crippen LogP contribution in [0.4, 0.5) is 0 Å². The van der Waals surface area contributed by atoms with Crippen LogP contribution in [0.2, 0.25) is 0 Å². The highest BCUT2D eigenvalue weighted by atomic mass is 35.5. The number of morpholine rings is 1. The molecule has 3 unspecified atom stereocenters. The smallest absolute Gasteiger partial charge is 0.322 e. The van der Waals surface area contributed by atoms with Crippen molar-refractivity contribution in [3.8, 4) is 0 Å². The Labute approximate surface area is 88.8 Å². The van der Waals surface area contributed by atoms with Gasteiger partial charge in [-0.25, -0.2) is 0 Å². The number of rotatable bonds is 3. The second-order valence-electron chi connectivity index (χ2n) is 3.75. The highest BCUT2D eigenvalue weighted by Gasteiger charge is 2.27. The van der Waals surface area contributed by atoms with Crippen molar-refractivity contribution < 1.29 is 14.6 Å². The fourth-order valence-corrected chi connectivity index (χ4v) is 1.69. The van der Waals surface area contributed by atoms with Gasteiger partial charge >= 0.3 is 5.97 Å². The van der Waals surface area contributed by atoms with Gasteiger partial charge in [0, 0.05) is 19.1 Å². The van der Waals surface area contributed by atoms with Crippen LogP contribution in [0.15, 0.2) is 0 Å². The van der Waals surface area contributed by atoms with E-state index < -0.39 is 11.3 Å². The highest BCUT2D eigenvalue weighted by Crippen LogP contribution is 2.13. The second kappa shape index (κ2) is 4.96. The van der Waals surface area contributed by atoms with Gasteiger partial charge in [-0.1, -0.05) is 0 Å². The van der Waals surface area contributed by atoms with Gasteiger partial charge in [0.15, 0.2) is 0 Å². The van der Waals surface area contributed by atoms with E-state index in [0.29, 0.717) is 13.2 Å². The van der Waals surface area contributed by atoms with Crippen molar-refractivity contribution in [1.82, 2.24) is 4.90 Å². The zero-order valence-corrected chi connectivity index (χ0v) is 9.20. The molecule has 0 bridgehead atoms. The van der Waals surface area contributed by atoms with Crippen LogP contribution in [0.3, 0.4) is 0 Å². The number of carbonyl (C=O) groups is 1. The van der Waals surface area contributed by atoms with E-state index in [1.165, 1.54) is 0 Å². The lowest BCUT2D eigenvalue weighted by Crippen LogP contribution is -2.50. The van der Waals surface area contributed by atoms with Gasteiger partial charge in [0.2, 0.25) is 0 Å². The lowest BCUT2D eigenvalue weighted by molar-refractivity contribution is -0.137. The first-order chi connectivity index (χ1) is 6.50. The van der Waals surface area contributed by atoms with E-state index in [-0.39, 0.29) is 12.1 Å². The van der Waals surface area contributed by atoms with Gasteiger partial charge in [0.1, 0.15) is 5.38 Å². The average molecular weight is 222 g/mol. The number of hydrogen-bond donors (Lipinski definition) is 1. The van der Waals surface area contributed by atoms with Crippen molar-refractivity contribution in [2.24, 2.45) is 0 Å². The molecule has 4 nitrogen and oxygen atoms in total. The minimum atomic E-state index is -0.960. The van der Waals surface area contributed by atoms with Crippen molar-refractivity contribution in [3.63, 3.8) is 0 Å². The van der Waals surface area contributed by atoms with Crippen molar-refractivity contribution in [3.05, 3.63) is 0 Å². The molecule has 1 N–H and O–H groups in total. The van der Waals surface area contributed by atoms with E-state index in [2.05, 4.69) is 4.90 Å². The Morgan fingerprint density at radius 3 is 2.93 bits per heavy atom. The Bertz CT molecular complexity index is 212. The third kappa shape index (κ3) is 3.12. The first kappa shape index (κ1) is 11.8. The Morgan fingerprint density at radius 1 is 1.71 bits per heavy atom. The summed E-state index contributed by atoms with van der Waals surface area (Å²) in [6.45, 7) is 5.76. The van der Waals surface area contributed by atoms with E-state index in [1.807, 2.05) is 13.8 Å². The van der Waals surface area contributed by atoms with E-state index >= 15 is 0 Å². The van der Waals surface area contributed by atoms with Crippen molar-refractivity contribution in [1.29, 1.82) is 0 Å². The van der Waals surface area contributed by atoms with Gasteiger partial charge < -0.3 is 9.84 Å². The molecule has 0 saturated carbocycles. The molecule has 0 aromatic heterocycles. The molecule has 1 heterocycles. The second-order valence-corrected chi connectivity index (χ2v) is 4.28. The summed E-state index contributed by atoms with van der Waals surface area (Å²) in [5.74, 6) is -0.960. The number of aliphatic carboxylic acids is 1. The van der Waals surface area contributed by atoms with E-state index in [0.717, 1.165) is 6.54 Å². The molecule has 3 atom stereocenters. The monoisotopic (exact) mass is 221 g/mol. The van der Waals surface area contributed by atoms with Crippen LogP contribution >= 0.6 is 11.6 Å². The van der Waals surface area contributed by atoms with E-state index in [9.17, 15) is 4.79 Å². The van der Waals surface area contributed by atoms with Crippen LogP contribution in [0.25, 0.3) is 0 Å². The molecule has 0 spiro atoms. The maximum absolute atomic E-state index is 10.6. The largest absolute Gasteiger partial charge is 0.480 e. The molecule has 0 aromatic carbocycles. The van der Waals surface area contributed by atoms with Crippen molar-refractivity contribution >= 4 is 17.6 Å². The minimum absolute atomic E-state index is 0.156. The van der Waals surface area contributed by atoms with Gasteiger partial charge in [-0.3, -0.25) is 9.69 Å². The molecule has 1 fully saturated rings. The minimum Gasteiger partial charge on any atom is -0.480 e. The molecule has 1 aliphatic rings. The number of halogens is 1. The quantitative estimate of drug-likeness (QED) is 0.716. The third-order valence-electron chi connectivity index (χ3n) is 2.40. The number of ether oxygens (including phenoxy) is 1. The van der Waals surface area contributed by atoms with Crippen LogP contribution in [-0.2, 0) is 9.53 Å². The Hall–Kier alpha value is -0.320. The molecule has 14 heavy (non-hydrogen) atoms. The summed E-state index contributed by atoms with van der Waals surface area (Å²) in [6.07, 6.45) is 0.156. The van der Waals surface area contributed by atoms with Crippen molar-refractivity contribution in [2.45, 2.75) is 31.4 Å². The van der Waals surface area contributed by atoms with E-state index in [1.54, 1.807) is 0 Å².